The fourth-order valence-corrected chi connectivity index (χ4v) is 2.66. The Morgan fingerprint density at radius 2 is 1.75 bits per heavy atom. The predicted molar refractivity (Wildman–Crippen MR) is 92.8 cm³/mol. The summed E-state index contributed by atoms with van der Waals surface area (Å²) in [6.07, 6.45) is 4.38. The van der Waals surface area contributed by atoms with Gasteiger partial charge in [-0.1, -0.05) is 23.2 Å². The van der Waals surface area contributed by atoms with Crippen LogP contribution in [0.15, 0.2) is 42.7 Å². The second kappa shape index (κ2) is 6.79. The summed E-state index contributed by atoms with van der Waals surface area (Å²) in [4.78, 5) is 28.8. The standard InChI is InChI=1S/C17H15Cl2N3O2/c18-13-2-1-12(9-14(13)19)22-16(24)17(5-6-17)15(23)21-10-11-3-7-20-8-4-11/h1-4,7-9H,5-6,10H2,(H,21,23)(H,22,24). The molecule has 0 radical (unpaired) electrons. The van der Waals surface area contributed by atoms with Crippen LogP contribution in [-0.2, 0) is 16.1 Å². The van der Waals surface area contributed by atoms with Gasteiger partial charge in [0.25, 0.3) is 0 Å². The van der Waals surface area contributed by atoms with Gasteiger partial charge in [0.1, 0.15) is 5.41 Å². The minimum absolute atomic E-state index is 0.267. The van der Waals surface area contributed by atoms with E-state index >= 15 is 0 Å². The Morgan fingerprint density at radius 3 is 2.38 bits per heavy atom. The van der Waals surface area contributed by atoms with E-state index in [9.17, 15) is 9.59 Å². The lowest BCUT2D eigenvalue weighted by Gasteiger charge is -2.15. The molecule has 0 atom stereocenters. The van der Waals surface area contributed by atoms with Crippen LogP contribution in [-0.4, -0.2) is 16.8 Å². The molecular formula is C17H15Cl2N3O2. The minimum Gasteiger partial charge on any atom is -0.351 e. The van der Waals surface area contributed by atoms with Crippen LogP contribution in [0.5, 0.6) is 0 Å². The fraction of sp³-hybridized carbons (Fsp3) is 0.235. The van der Waals surface area contributed by atoms with Crippen molar-refractivity contribution in [1.29, 1.82) is 0 Å². The molecule has 5 nitrogen and oxygen atoms in total. The summed E-state index contributed by atoms with van der Waals surface area (Å²) in [7, 11) is 0. The second-order valence-electron chi connectivity index (χ2n) is 5.70. The number of benzene rings is 1. The van der Waals surface area contributed by atoms with Crippen LogP contribution in [0.3, 0.4) is 0 Å². The highest BCUT2D eigenvalue weighted by atomic mass is 35.5. The zero-order valence-corrected chi connectivity index (χ0v) is 14.2. The van der Waals surface area contributed by atoms with Crippen molar-refractivity contribution in [2.45, 2.75) is 19.4 Å². The molecule has 0 unspecified atom stereocenters. The maximum Gasteiger partial charge on any atom is 0.240 e. The Balaban J connectivity index is 1.63. The normalized spacial score (nSPS) is 14.8. The lowest BCUT2D eigenvalue weighted by atomic mass is 10.0. The predicted octanol–water partition coefficient (Wildman–Crippen LogP) is 3.42. The molecule has 2 aromatic rings. The summed E-state index contributed by atoms with van der Waals surface area (Å²) in [5, 5.41) is 6.31. The van der Waals surface area contributed by atoms with E-state index in [0.717, 1.165) is 5.56 Å². The van der Waals surface area contributed by atoms with Crippen LogP contribution in [0.4, 0.5) is 5.69 Å². The summed E-state index contributed by atoms with van der Waals surface area (Å²) in [5.41, 5.74) is 0.445. The summed E-state index contributed by atoms with van der Waals surface area (Å²) >= 11 is 11.8. The Kier molecular flexibility index (Phi) is 4.73. The number of carbonyl (C=O) groups excluding carboxylic acids is 2. The number of hydrogen-bond donors (Lipinski definition) is 2. The molecule has 1 saturated carbocycles. The number of pyridine rings is 1. The van der Waals surface area contributed by atoms with Crippen molar-refractivity contribution >= 4 is 40.7 Å². The van der Waals surface area contributed by atoms with E-state index in [4.69, 9.17) is 23.2 Å². The van der Waals surface area contributed by atoms with Gasteiger partial charge in [-0.05, 0) is 48.7 Å². The van der Waals surface area contributed by atoms with Crippen molar-refractivity contribution in [3.05, 3.63) is 58.3 Å². The number of nitrogens with one attached hydrogen (secondary N) is 2. The summed E-state index contributed by atoms with van der Waals surface area (Å²) in [5.74, 6) is -0.593. The highest BCUT2D eigenvalue weighted by Crippen LogP contribution is 2.47. The molecule has 3 rings (SSSR count). The maximum atomic E-state index is 12.5. The molecule has 1 heterocycles. The van der Waals surface area contributed by atoms with Crippen molar-refractivity contribution in [2.75, 3.05) is 5.32 Å². The van der Waals surface area contributed by atoms with Gasteiger partial charge in [-0.3, -0.25) is 14.6 Å². The average molecular weight is 364 g/mol. The van der Waals surface area contributed by atoms with Gasteiger partial charge in [-0.15, -0.1) is 0 Å². The number of halogens is 2. The van der Waals surface area contributed by atoms with Crippen LogP contribution < -0.4 is 10.6 Å². The lowest BCUT2D eigenvalue weighted by molar-refractivity contribution is -0.134. The Bertz CT molecular complexity index is 777. The van der Waals surface area contributed by atoms with Gasteiger partial charge in [0.05, 0.1) is 10.0 Å². The first-order chi connectivity index (χ1) is 11.5. The summed E-state index contributed by atoms with van der Waals surface area (Å²) < 4.78 is 0. The number of amides is 2. The third kappa shape index (κ3) is 3.52. The molecule has 0 saturated heterocycles. The van der Waals surface area contributed by atoms with Gasteiger partial charge in [-0.2, -0.15) is 0 Å². The molecule has 0 aliphatic heterocycles. The van der Waals surface area contributed by atoms with Gasteiger partial charge < -0.3 is 10.6 Å². The summed E-state index contributed by atoms with van der Waals surface area (Å²) in [6.45, 7) is 0.364. The molecule has 1 aliphatic carbocycles. The fourth-order valence-electron chi connectivity index (χ4n) is 2.36. The van der Waals surface area contributed by atoms with Crippen molar-refractivity contribution in [1.82, 2.24) is 10.3 Å². The largest absolute Gasteiger partial charge is 0.351 e. The lowest BCUT2D eigenvalue weighted by Crippen LogP contribution is -2.39. The van der Waals surface area contributed by atoms with Gasteiger partial charge >= 0.3 is 0 Å². The topological polar surface area (TPSA) is 71.1 Å². The molecular weight excluding hydrogens is 349 g/mol. The quantitative estimate of drug-likeness (QED) is 0.799. The number of anilines is 1. The number of hydrogen-bond acceptors (Lipinski definition) is 3. The van der Waals surface area contributed by atoms with Crippen molar-refractivity contribution < 1.29 is 9.59 Å². The Morgan fingerprint density at radius 1 is 1.04 bits per heavy atom. The maximum absolute atomic E-state index is 12.5. The molecule has 2 amide bonds. The van der Waals surface area contributed by atoms with Gasteiger partial charge in [0, 0.05) is 24.6 Å². The van der Waals surface area contributed by atoms with E-state index in [0.29, 0.717) is 35.1 Å². The summed E-state index contributed by atoms with van der Waals surface area (Å²) in [6, 6.07) is 8.44. The van der Waals surface area contributed by atoms with Crippen molar-refractivity contribution in [2.24, 2.45) is 5.41 Å². The first-order valence-electron chi connectivity index (χ1n) is 7.45. The molecule has 1 aromatic carbocycles. The molecule has 1 aliphatic rings. The molecule has 124 valence electrons. The third-order valence-electron chi connectivity index (χ3n) is 4.00. The number of nitrogens with zero attached hydrogens (tertiary/aromatic N) is 1. The molecule has 0 spiro atoms. The van der Waals surface area contributed by atoms with E-state index < -0.39 is 5.41 Å². The van der Waals surface area contributed by atoms with Crippen LogP contribution >= 0.6 is 23.2 Å². The van der Waals surface area contributed by atoms with E-state index in [2.05, 4.69) is 15.6 Å². The van der Waals surface area contributed by atoms with Gasteiger partial charge in [-0.25, -0.2) is 0 Å². The van der Waals surface area contributed by atoms with Gasteiger partial charge in [0.2, 0.25) is 11.8 Å². The SMILES string of the molecule is O=C(NCc1ccncc1)C1(C(=O)Nc2ccc(Cl)c(Cl)c2)CC1. The monoisotopic (exact) mass is 363 g/mol. The number of carbonyl (C=O) groups is 2. The van der Waals surface area contributed by atoms with E-state index in [-0.39, 0.29) is 11.8 Å². The minimum atomic E-state index is -1.00. The molecule has 2 N–H and O–H groups in total. The van der Waals surface area contributed by atoms with E-state index in [1.807, 2.05) is 12.1 Å². The van der Waals surface area contributed by atoms with Crippen molar-refractivity contribution in [3.63, 3.8) is 0 Å². The zero-order chi connectivity index (χ0) is 17.2. The van der Waals surface area contributed by atoms with E-state index in [1.165, 1.54) is 0 Å². The van der Waals surface area contributed by atoms with E-state index in [1.54, 1.807) is 30.6 Å². The first kappa shape index (κ1) is 16.7. The van der Waals surface area contributed by atoms with Crippen LogP contribution in [0.25, 0.3) is 0 Å². The molecule has 24 heavy (non-hydrogen) atoms. The van der Waals surface area contributed by atoms with Crippen LogP contribution in [0.1, 0.15) is 18.4 Å². The number of rotatable bonds is 5. The molecule has 0 bridgehead atoms. The molecule has 7 heteroatoms. The van der Waals surface area contributed by atoms with Gasteiger partial charge in [0.15, 0.2) is 0 Å². The molecule has 1 fully saturated rings. The Labute approximate surface area is 149 Å². The third-order valence-corrected chi connectivity index (χ3v) is 4.74. The Hall–Kier alpha value is -2.11. The van der Waals surface area contributed by atoms with Crippen LogP contribution in [0, 0.1) is 5.41 Å². The highest BCUT2D eigenvalue weighted by Gasteiger charge is 2.56. The molecule has 1 aromatic heterocycles. The van der Waals surface area contributed by atoms with Crippen molar-refractivity contribution in [3.8, 4) is 0 Å². The first-order valence-corrected chi connectivity index (χ1v) is 8.20. The van der Waals surface area contributed by atoms with Crippen LogP contribution in [0.2, 0.25) is 10.0 Å². The second-order valence-corrected chi connectivity index (χ2v) is 6.52. The highest BCUT2D eigenvalue weighted by molar-refractivity contribution is 6.42. The smallest absolute Gasteiger partial charge is 0.240 e. The number of aromatic nitrogens is 1. The zero-order valence-electron chi connectivity index (χ0n) is 12.7. The average Bonchev–Trinajstić information content (AvgIpc) is 3.39.